The van der Waals surface area contributed by atoms with Crippen LogP contribution >= 0.6 is 7.49 Å². The Kier molecular flexibility index (Phi) is 7.36. The van der Waals surface area contributed by atoms with Crippen LogP contribution in [-0.2, 0) is 19.4 Å². The van der Waals surface area contributed by atoms with Gasteiger partial charge in [0.05, 0.1) is 0 Å². The minimum absolute atomic E-state index is 0.349. The molecule has 3 aliphatic rings. The first-order valence-electron chi connectivity index (χ1n) is 10.3. The standard InChI is InChI=1S/C19H35O4P/c20-16-21-22-23-24(17-10-4-1-5-11-17,18-12-6-2-7-13-18)19-14-8-3-9-15-19/h16-19,24H,1-15H2. The SMILES string of the molecule is O=COOO[PH](C1CCCCC1)(C1CCCCC1)C1CCCCC1. The van der Waals surface area contributed by atoms with E-state index in [9.17, 15) is 4.79 Å². The fourth-order valence-corrected chi connectivity index (χ4v) is 12.5. The maximum absolute atomic E-state index is 10.6. The molecule has 0 aromatic rings. The molecule has 0 aromatic carbocycles. The molecule has 0 spiro atoms. The average molecular weight is 358 g/mol. The van der Waals surface area contributed by atoms with E-state index in [1.807, 2.05) is 0 Å². The van der Waals surface area contributed by atoms with Gasteiger partial charge in [0.1, 0.15) is 0 Å². The van der Waals surface area contributed by atoms with E-state index in [4.69, 9.17) is 9.71 Å². The molecule has 0 aliphatic heterocycles. The summed E-state index contributed by atoms with van der Waals surface area (Å²) >= 11 is 0. The van der Waals surface area contributed by atoms with Gasteiger partial charge < -0.3 is 0 Å². The second-order valence-corrected chi connectivity index (χ2v) is 12.5. The van der Waals surface area contributed by atoms with Gasteiger partial charge in [0.15, 0.2) is 0 Å². The van der Waals surface area contributed by atoms with Gasteiger partial charge in [-0.25, -0.2) is 0 Å². The Bertz CT molecular complexity index is 326. The Morgan fingerprint density at radius 2 is 1.00 bits per heavy atom. The molecule has 0 aromatic heterocycles. The van der Waals surface area contributed by atoms with Crippen LogP contribution in [0.15, 0.2) is 0 Å². The van der Waals surface area contributed by atoms with E-state index in [1.54, 1.807) is 0 Å². The summed E-state index contributed by atoms with van der Waals surface area (Å²) in [5, 5.41) is 5.10. The maximum atomic E-state index is 10.6. The summed E-state index contributed by atoms with van der Waals surface area (Å²) in [4.78, 5) is 15.2. The molecule has 0 bridgehead atoms. The molecular weight excluding hydrogens is 323 g/mol. The van der Waals surface area contributed by atoms with Crippen molar-refractivity contribution in [1.29, 1.82) is 0 Å². The third kappa shape index (κ3) is 4.14. The van der Waals surface area contributed by atoms with Crippen LogP contribution in [0.3, 0.4) is 0 Å². The van der Waals surface area contributed by atoms with Crippen molar-refractivity contribution >= 4 is 14.0 Å². The molecule has 24 heavy (non-hydrogen) atoms. The van der Waals surface area contributed by atoms with Crippen LogP contribution in [0.4, 0.5) is 0 Å². The zero-order valence-electron chi connectivity index (χ0n) is 15.0. The van der Waals surface area contributed by atoms with Crippen molar-refractivity contribution in [2.24, 2.45) is 0 Å². The van der Waals surface area contributed by atoms with Crippen molar-refractivity contribution < 1.29 is 19.4 Å². The number of hydrogen-bond acceptors (Lipinski definition) is 4. The van der Waals surface area contributed by atoms with E-state index in [0.29, 0.717) is 23.4 Å². The van der Waals surface area contributed by atoms with E-state index in [-0.39, 0.29) is 0 Å². The van der Waals surface area contributed by atoms with Gasteiger partial charge in [0.2, 0.25) is 0 Å². The van der Waals surface area contributed by atoms with Crippen molar-refractivity contribution in [3.63, 3.8) is 0 Å². The van der Waals surface area contributed by atoms with Crippen LogP contribution < -0.4 is 0 Å². The van der Waals surface area contributed by atoms with Crippen LogP contribution in [0, 0.1) is 0 Å². The van der Waals surface area contributed by atoms with Gasteiger partial charge in [-0.05, 0) is 0 Å². The molecule has 5 heteroatoms. The van der Waals surface area contributed by atoms with Crippen molar-refractivity contribution in [2.45, 2.75) is 113 Å². The molecule has 3 saturated carbocycles. The van der Waals surface area contributed by atoms with Crippen molar-refractivity contribution in [1.82, 2.24) is 0 Å². The molecule has 0 amide bonds. The molecule has 3 aliphatic carbocycles. The third-order valence-corrected chi connectivity index (χ3v) is 12.9. The molecule has 0 radical (unpaired) electrons. The summed E-state index contributed by atoms with van der Waals surface area (Å²) in [5.41, 5.74) is 2.06. The molecule has 3 rings (SSSR count). The fourth-order valence-electron chi connectivity index (χ4n) is 5.96. The van der Waals surface area contributed by atoms with E-state index in [0.717, 1.165) is 0 Å². The molecule has 0 saturated heterocycles. The van der Waals surface area contributed by atoms with E-state index >= 15 is 0 Å². The average Bonchev–Trinajstić information content (AvgIpc) is 2.68. The summed E-state index contributed by atoms with van der Waals surface area (Å²) in [7, 11) is -2.14. The molecular formula is C19H35O4P. The van der Waals surface area contributed by atoms with Crippen molar-refractivity contribution in [3.8, 4) is 0 Å². The molecule has 0 unspecified atom stereocenters. The Hall–Kier alpha value is -0.180. The van der Waals surface area contributed by atoms with Gasteiger partial charge in [-0.3, -0.25) is 0 Å². The Morgan fingerprint density at radius 1 is 0.625 bits per heavy atom. The summed E-state index contributed by atoms with van der Waals surface area (Å²) in [5.74, 6) is 0. The van der Waals surface area contributed by atoms with Crippen LogP contribution in [-0.4, -0.2) is 23.4 Å². The van der Waals surface area contributed by atoms with Crippen LogP contribution in [0.25, 0.3) is 0 Å². The van der Waals surface area contributed by atoms with E-state index < -0.39 is 7.49 Å². The predicted molar refractivity (Wildman–Crippen MR) is 98.3 cm³/mol. The second-order valence-electron chi connectivity index (χ2n) is 8.20. The number of rotatable bonds is 7. The normalized spacial score (nSPS) is 26.2. The van der Waals surface area contributed by atoms with Crippen LogP contribution in [0.5, 0.6) is 0 Å². The third-order valence-electron chi connectivity index (χ3n) is 6.99. The van der Waals surface area contributed by atoms with E-state index in [2.05, 4.69) is 4.89 Å². The molecule has 0 N–H and O–H groups in total. The molecule has 0 atom stereocenters. The summed E-state index contributed by atoms with van der Waals surface area (Å²) in [6, 6.07) is 0. The first-order valence-corrected chi connectivity index (χ1v) is 12.5. The number of carbonyl (C=O) groups is 1. The predicted octanol–water partition coefficient (Wildman–Crippen LogP) is 5.69. The minimum atomic E-state index is -2.14. The zero-order valence-corrected chi connectivity index (χ0v) is 16.0. The fraction of sp³-hybridized carbons (Fsp3) is 0.947. The van der Waals surface area contributed by atoms with Crippen LogP contribution in [0.2, 0.25) is 0 Å². The second kappa shape index (κ2) is 9.50. The summed E-state index contributed by atoms with van der Waals surface area (Å²) < 4.78 is 6.27. The molecule has 3 fully saturated rings. The molecule has 140 valence electrons. The number of hydrogen-bond donors (Lipinski definition) is 0. The van der Waals surface area contributed by atoms with Gasteiger partial charge in [0.25, 0.3) is 0 Å². The summed E-state index contributed by atoms with van der Waals surface area (Å²) in [6.45, 7) is 0.349. The van der Waals surface area contributed by atoms with Crippen LogP contribution in [0.1, 0.15) is 96.3 Å². The Labute approximate surface area is 147 Å². The van der Waals surface area contributed by atoms with Gasteiger partial charge in [-0.15, -0.1) is 0 Å². The van der Waals surface area contributed by atoms with Crippen molar-refractivity contribution in [3.05, 3.63) is 0 Å². The molecule has 4 nitrogen and oxygen atoms in total. The molecule has 0 heterocycles. The monoisotopic (exact) mass is 358 g/mol. The topological polar surface area (TPSA) is 44.8 Å². The first-order chi connectivity index (χ1) is 11.9. The van der Waals surface area contributed by atoms with Gasteiger partial charge in [-0.1, -0.05) is 0 Å². The Morgan fingerprint density at radius 3 is 1.33 bits per heavy atom. The van der Waals surface area contributed by atoms with Gasteiger partial charge >= 0.3 is 147 Å². The van der Waals surface area contributed by atoms with Gasteiger partial charge in [-0.2, -0.15) is 0 Å². The summed E-state index contributed by atoms with van der Waals surface area (Å²) in [6.07, 6.45) is 19.8. The number of carbonyl (C=O) groups excluding carboxylic acids is 1. The Balaban J connectivity index is 1.87. The van der Waals surface area contributed by atoms with Gasteiger partial charge in [0, 0.05) is 0 Å². The quantitative estimate of drug-likeness (QED) is 0.193. The zero-order chi connectivity index (χ0) is 16.7. The first kappa shape index (κ1) is 18.6. The van der Waals surface area contributed by atoms with E-state index in [1.165, 1.54) is 96.3 Å². The van der Waals surface area contributed by atoms with Crippen molar-refractivity contribution in [2.75, 3.05) is 0 Å².